The number of hydrogen-bond acceptors (Lipinski definition) is 4. The lowest BCUT2D eigenvalue weighted by Gasteiger charge is -2.08. The summed E-state index contributed by atoms with van der Waals surface area (Å²) in [6.45, 7) is 6.09. The summed E-state index contributed by atoms with van der Waals surface area (Å²) in [5.41, 5.74) is 2.24. The fourth-order valence-corrected chi connectivity index (χ4v) is 3.22. The Hall–Kier alpha value is -1.50. The minimum Gasteiger partial charge on any atom is -0.460 e. The molecule has 0 spiro atoms. The lowest BCUT2D eigenvalue weighted by Crippen LogP contribution is -2.36. The van der Waals surface area contributed by atoms with E-state index in [1.807, 2.05) is 11.8 Å². The predicted molar refractivity (Wildman–Crippen MR) is 109 cm³/mol. The Morgan fingerprint density at radius 1 is 1.33 bits per heavy atom. The van der Waals surface area contributed by atoms with Crippen LogP contribution in [0.1, 0.15) is 11.3 Å². The minimum absolute atomic E-state index is 0.674. The molecule has 0 amide bonds. The maximum absolute atomic E-state index is 5.96. The Labute approximate surface area is 153 Å². The van der Waals surface area contributed by atoms with Gasteiger partial charge in [0.05, 0.1) is 5.75 Å². The highest BCUT2D eigenvalue weighted by Gasteiger charge is 2.06. The van der Waals surface area contributed by atoms with Crippen LogP contribution in [-0.2, 0) is 12.3 Å². The number of rotatable bonds is 9. The van der Waals surface area contributed by atoms with Crippen molar-refractivity contribution in [1.82, 2.24) is 15.5 Å². The number of thioether (sulfide) groups is 1. The van der Waals surface area contributed by atoms with Crippen LogP contribution in [-0.4, -0.2) is 43.0 Å². The SMILES string of the molecule is C=CCNC(=S)NCCSCc1cc2ccc(CN(C)C)cc2o1. The highest BCUT2D eigenvalue weighted by atomic mass is 32.2. The zero-order valence-corrected chi connectivity index (χ0v) is 15.9. The van der Waals surface area contributed by atoms with Crippen LogP contribution in [0.4, 0.5) is 0 Å². The number of benzene rings is 1. The summed E-state index contributed by atoms with van der Waals surface area (Å²) >= 11 is 6.98. The van der Waals surface area contributed by atoms with Crippen LogP contribution in [0.5, 0.6) is 0 Å². The van der Waals surface area contributed by atoms with Crippen molar-refractivity contribution < 1.29 is 4.42 Å². The van der Waals surface area contributed by atoms with E-state index in [0.29, 0.717) is 11.7 Å². The van der Waals surface area contributed by atoms with E-state index in [-0.39, 0.29) is 0 Å². The number of thiocarbonyl (C=S) groups is 1. The van der Waals surface area contributed by atoms with Gasteiger partial charge < -0.3 is 20.0 Å². The molecular formula is C18H25N3OS2. The zero-order valence-electron chi connectivity index (χ0n) is 14.3. The van der Waals surface area contributed by atoms with Crippen molar-refractivity contribution in [2.24, 2.45) is 0 Å². The molecule has 1 heterocycles. The average Bonchev–Trinajstić information content (AvgIpc) is 2.94. The molecule has 130 valence electrons. The van der Waals surface area contributed by atoms with Crippen molar-refractivity contribution in [3.05, 3.63) is 48.2 Å². The molecule has 0 saturated carbocycles. The second kappa shape index (κ2) is 9.71. The number of fused-ring (bicyclic) bond motifs is 1. The quantitative estimate of drug-likeness (QED) is 0.404. The monoisotopic (exact) mass is 363 g/mol. The van der Waals surface area contributed by atoms with Gasteiger partial charge in [-0.05, 0) is 44.0 Å². The molecule has 0 fully saturated rings. The van der Waals surface area contributed by atoms with E-state index in [9.17, 15) is 0 Å². The second-order valence-corrected chi connectivity index (χ2v) is 7.31. The average molecular weight is 364 g/mol. The van der Waals surface area contributed by atoms with E-state index in [1.165, 1.54) is 10.9 Å². The van der Waals surface area contributed by atoms with Crippen molar-refractivity contribution in [1.29, 1.82) is 0 Å². The Balaban J connectivity index is 1.76. The lowest BCUT2D eigenvalue weighted by molar-refractivity contribution is 0.402. The third kappa shape index (κ3) is 6.19. The van der Waals surface area contributed by atoms with Gasteiger partial charge in [0.2, 0.25) is 0 Å². The van der Waals surface area contributed by atoms with Gasteiger partial charge in [-0.15, -0.1) is 6.58 Å². The molecule has 0 aliphatic carbocycles. The summed E-state index contributed by atoms with van der Waals surface area (Å²) in [5.74, 6) is 2.86. The van der Waals surface area contributed by atoms with Gasteiger partial charge in [0.1, 0.15) is 11.3 Å². The van der Waals surface area contributed by atoms with Crippen LogP contribution in [0, 0.1) is 0 Å². The van der Waals surface area contributed by atoms with Crippen LogP contribution in [0.25, 0.3) is 11.0 Å². The number of nitrogens with zero attached hydrogens (tertiary/aromatic N) is 1. The third-order valence-electron chi connectivity index (χ3n) is 3.32. The normalized spacial score (nSPS) is 11.0. The maximum atomic E-state index is 5.96. The molecule has 2 rings (SSSR count). The van der Waals surface area contributed by atoms with Gasteiger partial charge >= 0.3 is 0 Å². The largest absolute Gasteiger partial charge is 0.460 e. The molecule has 0 atom stereocenters. The Bertz CT molecular complexity index is 682. The topological polar surface area (TPSA) is 40.4 Å². The van der Waals surface area contributed by atoms with Crippen molar-refractivity contribution in [3.63, 3.8) is 0 Å². The first-order chi connectivity index (χ1) is 11.6. The fraction of sp³-hybridized carbons (Fsp3) is 0.389. The van der Waals surface area contributed by atoms with Crippen molar-refractivity contribution >= 4 is 40.1 Å². The summed E-state index contributed by atoms with van der Waals surface area (Å²) in [4.78, 5) is 2.15. The Kier molecular flexibility index (Phi) is 7.62. The molecule has 4 nitrogen and oxygen atoms in total. The number of nitrogens with one attached hydrogen (secondary N) is 2. The predicted octanol–water partition coefficient (Wildman–Crippen LogP) is 3.38. The summed E-state index contributed by atoms with van der Waals surface area (Å²) < 4.78 is 5.96. The molecule has 6 heteroatoms. The van der Waals surface area contributed by atoms with Gasteiger partial charge in [-0.1, -0.05) is 18.2 Å². The molecule has 0 aliphatic heterocycles. The molecule has 1 aromatic heterocycles. The molecule has 1 aromatic carbocycles. The van der Waals surface area contributed by atoms with Crippen molar-refractivity contribution in [2.75, 3.05) is 32.9 Å². The molecule has 2 N–H and O–H groups in total. The van der Waals surface area contributed by atoms with Crippen LogP contribution in [0.2, 0.25) is 0 Å². The molecule has 0 aliphatic rings. The third-order valence-corrected chi connectivity index (χ3v) is 4.59. The molecule has 24 heavy (non-hydrogen) atoms. The molecule has 0 saturated heterocycles. The van der Waals surface area contributed by atoms with Gasteiger partial charge in [-0.2, -0.15) is 11.8 Å². The second-order valence-electron chi connectivity index (χ2n) is 5.80. The lowest BCUT2D eigenvalue weighted by atomic mass is 10.1. The van der Waals surface area contributed by atoms with E-state index in [2.05, 4.69) is 60.5 Å². The molecule has 0 radical (unpaired) electrons. The van der Waals surface area contributed by atoms with Crippen molar-refractivity contribution in [3.8, 4) is 0 Å². The highest BCUT2D eigenvalue weighted by Crippen LogP contribution is 2.24. The maximum Gasteiger partial charge on any atom is 0.166 e. The van der Waals surface area contributed by atoms with Gasteiger partial charge in [-0.25, -0.2) is 0 Å². The fourth-order valence-electron chi connectivity index (χ4n) is 2.30. The number of furan rings is 1. The minimum atomic E-state index is 0.674. The van der Waals surface area contributed by atoms with Crippen molar-refractivity contribution in [2.45, 2.75) is 12.3 Å². The van der Waals surface area contributed by atoms with E-state index in [4.69, 9.17) is 16.6 Å². The van der Waals surface area contributed by atoms with Crippen LogP contribution in [0.15, 0.2) is 41.3 Å². The van der Waals surface area contributed by atoms with Gasteiger partial charge in [0.25, 0.3) is 0 Å². The molecule has 0 unspecified atom stereocenters. The molecule has 2 aromatic rings. The van der Waals surface area contributed by atoms with Crippen LogP contribution < -0.4 is 10.6 Å². The standard InChI is InChI=1S/C18H25N3OS2/c1-4-7-19-18(23)20-8-9-24-13-16-11-15-6-5-14(12-21(2)3)10-17(15)22-16/h4-6,10-11H,1,7-9,12-13H2,2-3H3,(H2,19,20,23). The molecular weight excluding hydrogens is 338 g/mol. The first-order valence-corrected chi connectivity index (χ1v) is 9.51. The summed E-state index contributed by atoms with van der Waals surface area (Å²) in [6, 6.07) is 8.56. The van der Waals surface area contributed by atoms with Gasteiger partial charge in [0.15, 0.2) is 5.11 Å². The summed E-state index contributed by atoms with van der Waals surface area (Å²) in [6.07, 6.45) is 1.79. The van der Waals surface area contributed by atoms with Gasteiger partial charge in [0, 0.05) is 30.8 Å². The number of hydrogen-bond donors (Lipinski definition) is 2. The summed E-state index contributed by atoms with van der Waals surface area (Å²) in [5, 5.41) is 8.06. The van der Waals surface area contributed by atoms with Crippen LogP contribution in [0.3, 0.4) is 0 Å². The Morgan fingerprint density at radius 3 is 2.92 bits per heavy atom. The van der Waals surface area contributed by atoms with E-state index in [0.717, 1.165) is 35.9 Å². The van der Waals surface area contributed by atoms with Crippen LogP contribution >= 0.6 is 24.0 Å². The highest BCUT2D eigenvalue weighted by molar-refractivity contribution is 7.98. The zero-order chi connectivity index (χ0) is 17.4. The van der Waals surface area contributed by atoms with E-state index < -0.39 is 0 Å². The molecule has 0 bridgehead atoms. The Morgan fingerprint density at radius 2 is 2.17 bits per heavy atom. The first-order valence-electron chi connectivity index (χ1n) is 7.95. The first kappa shape index (κ1) is 18.8. The smallest absolute Gasteiger partial charge is 0.166 e. The van der Waals surface area contributed by atoms with E-state index in [1.54, 1.807) is 6.08 Å². The van der Waals surface area contributed by atoms with E-state index >= 15 is 0 Å². The summed E-state index contributed by atoms with van der Waals surface area (Å²) in [7, 11) is 4.14. The van der Waals surface area contributed by atoms with Gasteiger partial charge in [-0.3, -0.25) is 0 Å².